The van der Waals surface area contributed by atoms with E-state index >= 15 is 0 Å². The molecule has 0 bridgehead atoms. The summed E-state index contributed by atoms with van der Waals surface area (Å²) < 4.78 is 13.2. The van der Waals surface area contributed by atoms with Crippen molar-refractivity contribution >= 4 is 5.91 Å². The van der Waals surface area contributed by atoms with E-state index in [1.165, 1.54) is 13.8 Å². The summed E-state index contributed by atoms with van der Waals surface area (Å²) >= 11 is 0. The van der Waals surface area contributed by atoms with Gasteiger partial charge in [0.2, 0.25) is 0 Å². The number of carbonyl (C=O) groups is 1. The van der Waals surface area contributed by atoms with Gasteiger partial charge in [-0.1, -0.05) is 13.8 Å². The van der Waals surface area contributed by atoms with Gasteiger partial charge in [0.25, 0.3) is 5.91 Å². The molecule has 0 aromatic heterocycles. The Bertz CT molecular complexity index is 213. The van der Waals surface area contributed by atoms with E-state index in [9.17, 15) is 9.18 Å². The summed E-state index contributed by atoms with van der Waals surface area (Å²) in [5, 5.41) is 0. The van der Waals surface area contributed by atoms with Crippen LogP contribution < -0.4 is 0 Å². The molecule has 1 heterocycles. The summed E-state index contributed by atoms with van der Waals surface area (Å²) in [6.07, 6.45) is 1.05. The number of amides is 1. The van der Waals surface area contributed by atoms with E-state index in [0.717, 1.165) is 6.42 Å². The van der Waals surface area contributed by atoms with Gasteiger partial charge in [-0.15, -0.1) is 0 Å². The van der Waals surface area contributed by atoms with Gasteiger partial charge in [0.05, 0.1) is 0 Å². The van der Waals surface area contributed by atoms with Crippen LogP contribution in [0.15, 0.2) is 0 Å². The predicted octanol–water partition coefficient (Wildman–Crippen LogP) is 1.99. The average Bonchev–Trinajstić information content (AvgIpc) is 1.95. The van der Waals surface area contributed by atoms with Gasteiger partial charge in [-0.25, -0.2) is 4.39 Å². The number of nitrogens with zero attached hydrogens (tertiary/aromatic N) is 1. The Kier molecular flexibility index (Phi) is 2.39. The first kappa shape index (κ1) is 10.5. The van der Waals surface area contributed by atoms with Crippen molar-refractivity contribution in [3.63, 3.8) is 0 Å². The monoisotopic (exact) mass is 187 g/mol. The Morgan fingerprint density at radius 1 is 1.54 bits per heavy atom. The van der Waals surface area contributed by atoms with Gasteiger partial charge in [-0.05, 0) is 20.3 Å². The molecule has 1 rings (SSSR count). The van der Waals surface area contributed by atoms with Crippen molar-refractivity contribution in [1.82, 2.24) is 4.90 Å². The summed E-state index contributed by atoms with van der Waals surface area (Å²) in [4.78, 5) is 13.0. The Hall–Kier alpha value is -0.600. The molecule has 0 unspecified atom stereocenters. The molecule has 0 aliphatic carbocycles. The van der Waals surface area contributed by atoms with Gasteiger partial charge in [0.15, 0.2) is 5.67 Å². The van der Waals surface area contributed by atoms with Crippen LogP contribution in [0.25, 0.3) is 0 Å². The van der Waals surface area contributed by atoms with Crippen molar-refractivity contribution in [2.24, 2.45) is 5.41 Å². The Morgan fingerprint density at radius 2 is 2.00 bits per heavy atom. The lowest BCUT2D eigenvalue weighted by Crippen LogP contribution is -2.60. The fourth-order valence-electron chi connectivity index (χ4n) is 1.62. The third-order valence-corrected chi connectivity index (χ3v) is 2.79. The second kappa shape index (κ2) is 2.96. The summed E-state index contributed by atoms with van der Waals surface area (Å²) in [6.45, 7) is 8.27. The average molecular weight is 187 g/mol. The molecule has 1 aliphatic heterocycles. The molecule has 0 aromatic rings. The summed E-state index contributed by atoms with van der Waals surface area (Å²) in [7, 11) is 0. The zero-order valence-corrected chi connectivity index (χ0v) is 8.85. The standard InChI is InChI=1S/C10H18FNO/c1-5-10(4)6-12(7-10)8(13)9(2,3)11/h5-7H2,1-4H3. The molecule has 13 heavy (non-hydrogen) atoms. The molecular weight excluding hydrogens is 169 g/mol. The van der Waals surface area contributed by atoms with Crippen LogP contribution in [0.5, 0.6) is 0 Å². The molecule has 0 saturated carbocycles. The van der Waals surface area contributed by atoms with Crippen LogP contribution in [0.4, 0.5) is 4.39 Å². The number of hydrogen-bond acceptors (Lipinski definition) is 1. The minimum Gasteiger partial charge on any atom is -0.339 e. The van der Waals surface area contributed by atoms with E-state index in [-0.39, 0.29) is 11.3 Å². The zero-order valence-electron chi connectivity index (χ0n) is 8.85. The van der Waals surface area contributed by atoms with E-state index in [0.29, 0.717) is 13.1 Å². The maximum atomic E-state index is 13.2. The SMILES string of the molecule is CCC1(C)CN(C(=O)C(C)(C)F)C1. The maximum absolute atomic E-state index is 13.2. The van der Waals surface area contributed by atoms with E-state index in [2.05, 4.69) is 13.8 Å². The van der Waals surface area contributed by atoms with E-state index < -0.39 is 5.67 Å². The molecule has 1 fully saturated rings. The zero-order chi connectivity index (χ0) is 10.3. The number of halogens is 1. The largest absolute Gasteiger partial charge is 0.339 e. The molecular formula is C10H18FNO. The first-order valence-corrected chi connectivity index (χ1v) is 4.77. The van der Waals surface area contributed by atoms with Gasteiger partial charge in [0, 0.05) is 18.5 Å². The van der Waals surface area contributed by atoms with Crippen LogP contribution in [-0.2, 0) is 4.79 Å². The highest BCUT2D eigenvalue weighted by Crippen LogP contribution is 2.34. The number of alkyl halides is 1. The molecule has 1 aliphatic rings. The Labute approximate surface area is 79.1 Å². The lowest BCUT2D eigenvalue weighted by molar-refractivity contribution is -0.153. The number of rotatable bonds is 2. The highest BCUT2D eigenvalue weighted by Gasteiger charge is 2.44. The van der Waals surface area contributed by atoms with Gasteiger partial charge in [-0.2, -0.15) is 0 Å². The van der Waals surface area contributed by atoms with Crippen molar-refractivity contribution in [3.05, 3.63) is 0 Å². The number of carbonyl (C=O) groups excluding carboxylic acids is 1. The van der Waals surface area contributed by atoms with Gasteiger partial charge in [-0.3, -0.25) is 4.79 Å². The molecule has 0 N–H and O–H groups in total. The van der Waals surface area contributed by atoms with Crippen LogP contribution in [0, 0.1) is 5.41 Å². The summed E-state index contributed by atoms with van der Waals surface area (Å²) in [5.74, 6) is -0.376. The Morgan fingerprint density at radius 3 is 2.31 bits per heavy atom. The van der Waals surface area contributed by atoms with Crippen LogP contribution in [0.3, 0.4) is 0 Å². The topological polar surface area (TPSA) is 20.3 Å². The van der Waals surface area contributed by atoms with Crippen LogP contribution >= 0.6 is 0 Å². The van der Waals surface area contributed by atoms with Crippen molar-refractivity contribution < 1.29 is 9.18 Å². The molecule has 0 aromatic carbocycles. The molecule has 1 saturated heterocycles. The second-order valence-electron chi connectivity index (χ2n) is 4.80. The van der Waals surface area contributed by atoms with Crippen LogP contribution in [0.2, 0.25) is 0 Å². The van der Waals surface area contributed by atoms with Gasteiger partial charge >= 0.3 is 0 Å². The first-order valence-electron chi connectivity index (χ1n) is 4.77. The third kappa shape index (κ3) is 2.01. The lowest BCUT2D eigenvalue weighted by atomic mass is 9.79. The molecule has 2 nitrogen and oxygen atoms in total. The van der Waals surface area contributed by atoms with Crippen LogP contribution in [-0.4, -0.2) is 29.6 Å². The highest BCUT2D eigenvalue weighted by molar-refractivity contribution is 5.85. The van der Waals surface area contributed by atoms with E-state index in [4.69, 9.17) is 0 Å². The molecule has 3 heteroatoms. The minimum atomic E-state index is -1.71. The second-order valence-corrected chi connectivity index (χ2v) is 4.80. The fraction of sp³-hybridized carbons (Fsp3) is 0.900. The van der Waals surface area contributed by atoms with Crippen LogP contribution in [0.1, 0.15) is 34.1 Å². The quantitative estimate of drug-likeness (QED) is 0.647. The van der Waals surface area contributed by atoms with Gasteiger partial charge < -0.3 is 4.90 Å². The molecule has 0 atom stereocenters. The van der Waals surface area contributed by atoms with Crippen molar-refractivity contribution in [2.45, 2.75) is 39.8 Å². The van der Waals surface area contributed by atoms with Crippen molar-refractivity contribution in [2.75, 3.05) is 13.1 Å². The first-order chi connectivity index (χ1) is 5.78. The number of likely N-dealkylation sites (tertiary alicyclic amines) is 1. The molecule has 76 valence electrons. The van der Waals surface area contributed by atoms with Crippen molar-refractivity contribution in [3.8, 4) is 0 Å². The predicted molar refractivity (Wildman–Crippen MR) is 50.2 cm³/mol. The normalized spacial score (nSPS) is 21.2. The maximum Gasteiger partial charge on any atom is 0.259 e. The molecule has 1 amide bonds. The van der Waals surface area contributed by atoms with E-state index in [1.54, 1.807) is 4.90 Å². The smallest absolute Gasteiger partial charge is 0.259 e. The van der Waals surface area contributed by atoms with Crippen molar-refractivity contribution in [1.29, 1.82) is 0 Å². The molecule has 0 spiro atoms. The summed E-state index contributed by atoms with van der Waals surface area (Å²) in [6, 6.07) is 0. The van der Waals surface area contributed by atoms with Gasteiger partial charge in [0.1, 0.15) is 0 Å². The number of hydrogen-bond donors (Lipinski definition) is 0. The fourth-order valence-corrected chi connectivity index (χ4v) is 1.62. The third-order valence-electron chi connectivity index (χ3n) is 2.79. The molecule has 0 radical (unpaired) electrons. The lowest BCUT2D eigenvalue weighted by Gasteiger charge is -2.49. The highest BCUT2D eigenvalue weighted by atomic mass is 19.1. The summed E-state index contributed by atoms with van der Waals surface area (Å²) in [5.41, 5.74) is -1.49. The van der Waals surface area contributed by atoms with E-state index in [1.807, 2.05) is 0 Å². The Balaban J connectivity index is 2.49. The minimum absolute atomic E-state index is 0.223.